The van der Waals surface area contributed by atoms with E-state index in [1.54, 1.807) is 18.2 Å². The van der Waals surface area contributed by atoms with E-state index in [1.807, 2.05) is 11.8 Å². The Kier molecular flexibility index (Phi) is 6.63. The zero-order chi connectivity index (χ0) is 23.0. The third-order valence-corrected chi connectivity index (χ3v) is 8.81. The molecule has 1 atom stereocenters. The SMILES string of the molecule is CC(C)CCNC(=O)C1CCN(S(=O)(=O)c2ccc3c(c2)C[C@H](C)N3C(=O)C2CC2)CC1. The number of fused-ring (bicyclic) bond motifs is 1. The van der Waals surface area contributed by atoms with Gasteiger partial charge in [-0.15, -0.1) is 0 Å². The van der Waals surface area contributed by atoms with Gasteiger partial charge in [-0.2, -0.15) is 4.31 Å². The van der Waals surface area contributed by atoms with Crippen LogP contribution in [0.5, 0.6) is 0 Å². The number of benzene rings is 1. The van der Waals surface area contributed by atoms with Crippen molar-refractivity contribution in [1.29, 1.82) is 0 Å². The number of carbonyl (C=O) groups excluding carboxylic acids is 2. The third kappa shape index (κ3) is 4.71. The van der Waals surface area contributed by atoms with Crippen molar-refractivity contribution in [3.63, 3.8) is 0 Å². The van der Waals surface area contributed by atoms with Crippen LogP contribution in [0.25, 0.3) is 0 Å². The molecule has 4 rings (SSSR count). The van der Waals surface area contributed by atoms with Gasteiger partial charge in [0, 0.05) is 43.2 Å². The van der Waals surface area contributed by atoms with Gasteiger partial charge in [0.15, 0.2) is 0 Å². The van der Waals surface area contributed by atoms with E-state index in [1.165, 1.54) is 4.31 Å². The van der Waals surface area contributed by atoms with Gasteiger partial charge in [-0.1, -0.05) is 13.8 Å². The van der Waals surface area contributed by atoms with Crippen LogP contribution in [0.1, 0.15) is 58.4 Å². The van der Waals surface area contributed by atoms with Gasteiger partial charge in [0.2, 0.25) is 21.8 Å². The van der Waals surface area contributed by atoms with Gasteiger partial charge in [-0.25, -0.2) is 8.42 Å². The average Bonchev–Trinajstić information content (AvgIpc) is 3.55. The first-order valence-electron chi connectivity index (χ1n) is 11.9. The van der Waals surface area contributed by atoms with Crippen LogP contribution in [0.4, 0.5) is 5.69 Å². The van der Waals surface area contributed by atoms with E-state index < -0.39 is 10.0 Å². The van der Waals surface area contributed by atoms with Crippen molar-refractivity contribution in [3.8, 4) is 0 Å². The van der Waals surface area contributed by atoms with Gasteiger partial charge in [0.25, 0.3) is 0 Å². The molecule has 0 aromatic heterocycles. The normalized spacial score (nSPS) is 22.2. The lowest BCUT2D eigenvalue weighted by Crippen LogP contribution is -2.43. The first-order chi connectivity index (χ1) is 15.2. The van der Waals surface area contributed by atoms with Gasteiger partial charge in [0.1, 0.15) is 0 Å². The molecule has 1 saturated heterocycles. The van der Waals surface area contributed by atoms with Crippen molar-refractivity contribution in [2.45, 2.75) is 70.2 Å². The van der Waals surface area contributed by atoms with Crippen LogP contribution in [0.15, 0.2) is 23.1 Å². The monoisotopic (exact) mass is 461 g/mol. The number of nitrogens with one attached hydrogen (secondary N) is 1. The molecule has 1 aromatic carbocycles. The van der Waals surface area contributed by atoms with E-state index in [0.717, 1.165) is 30.5 Å². The van der Waals surface area contributed by atoms with E-state index in [9.17, 15) is 18.0 Å². The molecule has 2 heterocycles. The van der Waals surface area contributed by atoms with Gasteiger partial charge < -0.3 is 10.2 Å². The van der Waals surface area contributed by atoms with Crippen molar-refractivity contribution < 1.29 is 18.0 Å². The Labute approximate surface area is 191 Å². The summed E-state index contributed by atoms with van der Waals surface area (Å²) < 4.78 is 28.0. The van der Waals surface area contributed by atoms with Crippen molar-refractivity contribution in [3.05, 3.63) is 23.8 Å². The van der Waals surface area contributed by atoms with Gasteiger partial charge in [-0.05, 0) is 75.1 Å². The van der Waals surface area contributed by atoms with Crippen LogP contribution < -0.4 is 10.2 Å². The quantitative estimate of drug-likeness (QED) is 0.676. The van der Waals surface area contributed by atoms with E-state index in [2.05, 4.69) is 19.2 Å². The zero-order valence-electron chi connectivity index (χ0n) is 19.3. The van der Waals surface area contributed by atoms with Crippen molar-refractivity contribution in [1.82, 2.24) is 9.62 Å². The largest absolute Gasteiger partial charge is 0.356 e. The van der Waals surface area contributed by atoms with E-state index in [4.69, 9.17) is 0 Å². The number of hydrogen-bond acceptors (Lipinski definition) is 4. The van der Waals surface area contributed by atoms with Gasteiger partial charge >= 0.3 is 0 Å². The lowest BCUT2D eigenvalue weighted by Gasteiger charge is -2.30. The zero-order valence-corrected chi connectivity index (χ0v) is 20.2. The number of piperidine rings is 1. The fraction of sp³-hybridized carbons (Fsp3) is 0.667. The maximum atomic E-state index is 13.3. The first kappa shape index (κ1) is 23.2. The number of sulfonamides is 1. The summed E-state index contributed by atoms with van der Waals surface area (Å²) in [7, 11) is -3.62. The van der Waals surface area contributed by atoms with Crippen LogP contribution in [0, 0.1) is 17.8 Å². The minimum absolute atomic E-state index is 0.0367. The molecule has 1 N–H and O–H groups in total. The molecule has 1 saturated carbocycles. The molecule has 8 heteroatoms. The minimum atomic E-state index is -3.62. The van der Waals surface area contributed by atoms with E-state index in [0.29, 0.717) is 44.8 Å². The number of carbonyl (C=O) groups is 2. The average molecular weight is 462 g/mol. The first-order valence-corrected chi connectivity index (χ1v) is 13.4. The Morgan fingerprint density at radius 2 is 1.78 bits per heavy atom. The predicted molar refractivity (Wildman–Crippen MR) is 124 cm³/mol. The Balaban J connectivity index is 1.40. The summed E-state index contributed by atoms with van der Waals surface area (Å²) in [4.78, 5) is 27.2. The van der Waals surface area contributed by atoms with Crippen LogP contribution in [0.2, 0.25) is 0 Å². The summed E-state index contributed by atoms with van der Waals surface area (Å²) >= 11 is 0. The van der Waals surface area contributed by atoms with Gasteiger partial charge in [0.05, 0.1) is 4.90 Å². The molecule has 1 aliphatic carbocycles. The minimum Gasteiger partial charge on any atom is -0.356 e. The van der Waals surface area contributed by atoms with Crippen molar-refractivity contribution in [2.24, 2.45) is 17.8 Å². The lowest BCUT2D eigenvalue weighted by atomic mass is 9.97. The number of anilines is 1. The summed E-state index contributed by atoms with van der Waals surface area (Å²) in [5.41, 5.74) is 1.78. The molecule has 1 aromatic rings. The fourth-order valence-electron chi connectivity index (χ4n) is 4.77. The molecule has 2 amide bonds. The predicted octanol–water partition coefficient (Wildman–Crippen LogP) is 2.94. The van der Waals surface area contributed by atoms with Crippen LogP contribution >= 0.6 is 0 Å². The van der Waals surface area contributed by atoms with E-state index in [-0.39, 0.29) is 34.6 Å². The van der Waals surface area contributed by atoms with E-state index >= 15 is 0 Å². The Morgan fingerprint density at radius 1 is 1.09 bits per heavy atom. The number of nitrogens with zero attached hydrogens (tertiary/aromatic N) is 2. The maximum absolute atomic E-state index is 13.3. The summed E-state index contributed by atoms with van der Waals surface area (Å²) in [5, 5.41) is 2.99. The smallest absolute Gasteiger partial charge is 0.243 e. The molecule has 3 aliphatic rings. The molecule has 2 aliphatic heterocycles. The molecular formula is C24H35N3O4S. The lowest BCUT2D eigenvalue weighted by molar-refractivity contribution is -0.126. The highest BCUT2D eigenvalue weighted by atomic mass is 32.2. The van der Waals surface area contributed by atoms with Crippen LogP contribution in [0.3, 0.4) is 0 Å². The highest BCUT2D eigenvalue weighted by molar-refractivity contribution is 7.89. The summed E-state index contributed by atoms with van der Waals surface area (Å²) in [5.74, 6) is 0.749. The summed E-state index contributed by atoms with van der Waals surface area (Å²) in [6, 6.07) is 5.22. The molecule has 0 spiro atoms. The molecule has 176 valence electrons. The number of hydrogen-bond donors (Lipinski definition) is 1. The van der Waals surface area contributed by atoms with Crippen LogP contribution in [-0.4, -0.2) is 50.2 Å². The second-order valence-electron chi connectivity index (χ2n) is 9.98. The third-order valence-electron chi connectivity index (χ3n) is 6.91. The molecule has 0 unspecified atom stereocenters. The Bertz CT molecular complexity index is 979. The second-order valence-corrected chi connectivity index (χ2v) is 11.9. The number of rotatable bonds is 7. The summed E-state index contributed by atoms with van der Waals surface area (Å²) in [6.07, 6.45) is 4.61. The molecular weight excluding hydrogens is 426 g/mol. The molecule has 0 bridgehead atoms. The fourth-order valence-corrected chi connectivity index (χ4v) is 6.29. The Hall–Kier alpha value is -1.93. The molecule has 2 fully saturated rings. The Morgan fingerprint density at radius 3 is 2.41 bits per heavy atom. The highest BCUT2D eigenvalue weighted by Gasteiger charge is 2.40. The summed E-state index contributed by atoms with van der Waals surface area (Å²) in [6.45, 7) is 7.64. The maximum Gasteiger partial charge on any atom is 0.243 e. The van der Waals surface area contributed by atoms with Crippen LogP contribution in [-0.2, 0) is 26.0 Å². The molecule has 0 radical (unpaired) electrons. The van der Waals surface area contributed by atoms with Gasteiger partial charge in [-0.3, -0.25) is 9.59 Å². The highest BCUT2D eigenvalue weighted by Crippen LogP contribution is 2.40. The topological polar surface area (TPSA) is 86.8 Å². The molecule has 7 nitrogen and oxygen atoms in total. The standard InChI is InChI=1S/C24H35N3O4S/c1-16(2)8-11-25-23(28)18-9-12-26(13-10-18)32(30,31)21-6-7-22-20(15-21)14-17(3)27(22)24(29)19-4-5-19/h6-7,15-19H,4-5,8-14H2,1-3H3,(H,25,28)/t17-/m0/s1. The van der Waals surface area contributed by atoms with Crippen molar-refractivity contribution >= 4 is 27.5 Å². The second kappa shape index (κ2) is 9.14. The van der Waals surface area contributed by atoms with Crippen molar-refractivity contribution in [2.75, 3.05) is 24.5 Å². The molecule has 32 heavy (non-hydrogen) atoms. The number of amides is 2.